The number of rotatable bonds is 5. The first kappa shape index (κ1) is 31.9. The topological polar surface area (TPSA) is 65.0 Å². The Balaban J connectivity index is 1.05. The van der Waals surface area contributed by atoms with Crippen molar-refractivity contribution in [1.29, 1.82) is 0 Å². The summed E-state index contributed by atoms with van der Waals surface area (Å²) in [5.74, 6) is 1.87. The molecule has 0 aliphatic carbocycles. The fourth-order valence-electron chi connectivity index (χ4n) is 8.26. The van der Waals surface area contributed by atoms with Crippen LogP contribution in [0.1, 0.15) is 0 Å². The van der Waals surface area contributed by atoms with Gasteiger partial charge in [0.2, 0.25) is 0 Å². The predicted octanol–water partition coefficient (Wildman–Crippen LogP) is 14.4. The lowest BCUT2D eigenvalue weighted by atomic mass is 9.97. The van der Waals surface area contributed by atoms with Crippen LogP contribution in [0.3, 0.4) is 0 Å². The number of hydrogen-bond acceptors (Lipinski definition) is 6. The molecule has 4 aromatic heterocycles. The van der Waals surface area contributed by atoms with E-state index in [4.69, 9.17) is 23.8 Å². The van der Waals surface area contributed by atoms with Gasteiger partial charge in [0.05, 0.1) is 0 Å². The third-order valence-electron chi connectivity index (χ3n) is 10.9. The SMILES string of the molecule is c1ccc(-c2cccc(-c3nc(-c4cccc(-c5cccc6oc7cc8oc9ccccc9c8cc7c56)c4)nc(-c4cccc5c4sc4ccccc45)n3)c2)cc1. The van der Waals surface area contributed by atoms with Gasteiger partial charge in [-0.3, -0.25) is 0 Å². The molecule has 4 heterocycles. The van der Waals surface area contributed by atoms with Crippen LogP contribution in [0.5, 0.6) is 0 Å². The average Bonchev–Trinajstić information content (AvgIpc) is 3.96. The minimum Gasteiger partial charge on any atom is -0.456 e. The van der Waals surface area contributed by atoms with Crippen molar-refractivity contribution in [3.8, 4) is 56.4 Å². The second-order valence-electron chi connectivity index (χ2n) is 14.3. The van der Waals surface area contributed by atoms with Crippen molar-refractivity contribution in [2.24, 2.45) is 0 Å². The standard InChI is InChI=1S/C51H29N3O2S/c1-2-12-30(13-3-1)31-14-8-16-33(26-31)49-52-50(54-51(53-49)39-22-10-21-38-37-19-5-7-25-46(37)57-48(38)39)34-17-9-15-32(27-34)35-20-11-24-43-47(35)41-28-40-36-18-4-6-23-42(36)55-44(40)29-45(41)56-43/h1-29H. The first-order chi connectivity index (χ1) is 28.2. The van der Waals surface area contributed by atoms with Crippen molar-refractivity contribution in [2.45, 2.75) is 0 Å². The van der Waals surface area contributed by atoms with Crippen molar-refractivity contribution in [3.05, 3.63) is 176 Å². The zero-order chi connectivity index (χ0) is 37.5. The summed E-state index contributed by atoms with van der Waals surface area (Å²) in [5, 5.41) is 6.70. The van der Waals surface area contributed by atoms with E-state index < -0.39 is 0 Å². The lowest BCUT2D eigenvalue weighted by Crippen LogP contribution is -2.00. The lowest BCUT2D eigenvalue weighted by Gasteiger charge is -2.11. The highest BCUT2D eigenvalue weighted by Gasteiger charge is 2.19. The highest BCUT2D eigenvalue weighted by atomic mass is 32.1. The molecular weight excluding hydrogens is 719 g/mol. The van der Waals surface area contributed by atoms with Crippen LogP contribution < -0.4 is 0 Å². The van der Waals surface area contributed by atoms with Crippen molar-refractivity contribution in [3.63, 3.8) is 0 Å². The first-order valence-corrected chi connectivity index (χ1v) is 19.7. The van der Waals surface area contributed by atoms with Gasteiger partial charge in [-0.15, -0.1) is 11.3 Å². The lowest BCUT2D eigenvalue weighted by molar-refractivity contribution is 0.656. The van der Waals surface area contributed by atoms with Crippen molar-refractivity contribution in [2.75, 3.05) is 0 Å². The highest BCUT2D eigenvalue weighted by molar-refractivity contribution is 7.26. The van der Waals surface area contributed by atoms with Crippen LogP contribution in [0.25, 0.3) is 120 Å². The van der Waals surface area contributed by atoms with Crippen LogP contribution >= 0.6 is 11.3 Å². The van der Waals surface area contributed by atoms with E-state index in [0.29, 0.717) is 17.5 Å². The van der Waals surface area contributed by atoms with Gasteiger partial charge in [0.15, 0.2) is 17.5 Å². The summed E-state index contributed by atoms with van der Waals surface area (Å²) < 4.78 is 15.1. The van der Waals surface area contributed by atoms with Gasteiger partial charge in [0, 0.05) is 64.5 Å². The Morgan fingerprint density at radius 3 is 1.77 bits per heavy atom. The normalized spacial score (nSPS) is 11.9. The van der Waals surface area contributed by atoms with E-state index >= 15 is 0 Å². The number of furan rings is 2. The molecule has 0 spiro atoms. The monoisotopic (exact) mass is 747 g/mol. The average molecular weight is 748 g/mol. The van der Waals surface area contributed by atoms with Crippen LogP contribution in [0.2, 0.25) is 0 Å². The van der Waals surface area contributed by atoms with Gasteiger partial charge in [-0.05, 0) is 64.7 Å². The smallest absolute Gasteiger partial charge is 0.165 e. The molecule has 0 aliphatic heterocycles. The Labute approximate surface area is 330 Å². The van der Waals surface area contributed by atoms with E-state index in [9.17, 15) is 0 Å². The third kappa shape index (κ3) is 5.19. The van der Waals surface area contributed by atoms with Crippen LogP contribution in [0, 0.1) is 0 Å². The minimum absolute atomic E-state index is 0.607. The summed E-state index contributed by atoms with van der Waals surface area (Å²) in [6.45, 7) is 0. The highest BCUT2D eigenvalue weighted by Crippen LogP contribution is 2.42. The molecule has 5 nitrogen and oxygen atoms in total. The summed E-state index contributed by atoms with van der Waals surface area (Å²) in [5.41, 5.74) is 10.5. The number of thiophene rings is 1. The number of aromatic nitrogens is 3. The molecule has 0 atom stereocenters. The zero-order valence-electron chi connectivity index (χ0n) is 30.3. The fraction of sp³-hybridized carbons (Fsp3) is 0. The largest absolute Gasteiger partial charge is 0.456 e. The van der Waals surface area contributed by atoms with Gasteiger partial charge >= 0.3 is 0 Å². The van der Waals surface area contributed by atoms with E-state index in [1.165, 1.54) is 15.5 Å². The first-order valence-electron chi connectivity index (χ1n) is 18.9. The van der Waals surface area contributed by atoms with Crippen molar-refractivity contribution in [1.82, 2.24) is 15.0 Å². The van der Waals surface area contributed by atoms with Gasteiger partial charge in [-0.2, -0.15) is 0 Å². The van der Waals surface area contributed by atoms with E-state index in [1.807, 2.05) is 36.4 Å². The Kier molecular flexibility index (Phi) is 7.03. The number of para-hydroxylation sites is 1. The molecule has 0 radical (unpaired) electrons. The zero-order valence-corrected chi connectivity index (χ0v) is 31.1. The molecule has 12 aromatic rings. The fourth-order valence-corrected chi connectivity index (χ4v) is 9.47. The summed E-state index contributed by atoms with van der Waals surface area (Å²) in [6.07, 6.45) is 0. The molecule has 0 saturated carbocycles. The van der Waals surface area contributed by atoms with E-state index in [0.717, 1.165) is 87.5 Å². The van der Waals surface area contributed by atoms with Gasteiger partial charge in [0.1, 0.15) is 22.3 Å². The van der Waals surface area contributed by atoms with E-state index in [1.54, 1.807) is 11.3 Å². The Bertz CT molecular complexity index is 3540. The maximum absolute atomic E-state index is 6.47. The van der Waals surface area contributed by atoms with Crippen molar-refractivity contribution < 1.29 is 8.83 Å². The molecule has 57 heavy (non-hydrogen) atoms. The van der Waals surface area contributed by atoms with E-state index in [-0.39, 0.29) is 0 Å². The van der Waals surface area contributed by atoms with E-state index in [2.05, 4.69) is 140 Å². The molecule has 8 aromatic carbocycles. The molecule has 12 rings (SSSR count). The number of nitrogens with zero attached hydrogens (tertiary/aromatic N) is 3. The number of hydrogen-bond donors (Lipinski definition) is 0. The maximum Gasteiger partial charge on any atom is 0.165 e. The van der Waals surface area contributed by atoms with Gasteiger partial charge < -0.3 is 8.83 Å². The van der Waals surface area contributed by atoms with Crippen LogP contribution in [-0.4, -0.2) is 15.0 Å². The van der Waals surface area contributed by atoms with Gasteiger partial charge in [-0.25, -0.2) is 15.0 Å². The molecule has 0 unspecified atom stereocenters. The Hall–Kier alpha value is -7.41. The summed E-state index contributed by atoms with van der Waals surface area (Å²) in [6, 6.07) is 61.0. The molecule has 0 amide bonds. The summed E-state index contributed by atoms with van der Waals surface area (Å²) in [4.78, 5) is 15.7. The second-order valence-corrected chi connectivity index (χ2v) is 15.4. The minimum atomic E-state index is 0.607. The van der Waals surface area contributed by atoms with Crippen LogP contribution in [0.15, 0.2) is 185 Å². The van der Waals surface area contributed by atoms with Crippen LogP contribution in [0.4, 0.5) is 0 Å². The Morgan fingerprint density at radius 2 is 0.912 bits per heavy atom. The quantitative estimate of drug-likeness (QED) is 0.175. The molecule has 0 bridgehead atoms. The predicted molar refractivity (Wildman–Crippen MR) is 234 cm³/mol. The molecule has 6 heteroatoms. The molecule has 266 valence electrons. The van der Waals surface area contributed by atoms with Crippen LogP contribution in [-0.2, 0) is 0 Å². The van der Waals surface area contributed by atoms with Crippen molar-refractivity contribution >= 4 is 75.4 Å². The number of benzene rings is 8. The maximum atomic E-state index is 6.47. The molecule has 0 fully saturated rings. The Morgan fingerprint density at radius 1 is 0.333 bits per heavy atom. The second kappa shape index (κ2) is 12.6. The summed E-state index contributed by atoms with van der Waals surface area (Å²) >= 11 is 1.78. The molecular formula is C51H29N3O2S. The summed E-state index contributed by atoms with van der Waals surface area (Å²) in [7, 11) is 0. The molecule has 0 N–H and O–H groups in total. The number of fused-ring (bicyclic) bond motifs is 9. The molecule has 0 saturated heterocycles. The molecule has 0 aliphatic rings. The third-order valence-corrected chi connectivity index (χ3v) is 12.2. The van der Waals surface area contributed by atoms with Gasteiger partial charge in [-0.1, -0.05) is 127 Å². The van der Waals surface area contributed by atoms with Gasteiger partial charge in [0.25, 0.3) is 0 Å².